The smallest absolute Gasteiger partial charge is 0.0367 e. The number of aryl methyl sites for hydroxylation is 1. The van der Waals surface area contributed by atoms with Gasteiger partial charge in [0.1, 0.15) is 0 Å². The second-order valence-electron chi connectivity index (χ2n) is 4.38. The fraction of sp³-hybridized carbons (Fsp3) is 0.667. The third-order valence-electron chi connectivity index (χ3n) is 3.33. The minimum absolute atomic E-state index is 0.328. The van der Waals surface area contributed by atoms with Crippen molar-refractivity contribution >= 4 is 22.9 Å². The average Bonchev–Trinajstić information content (AvgIpc) is 2.78. The molecule has 0 aliphatic heterocycles. The molecule has 1 fully saturated rings. The first-order chi connectivity index (χ1) is 6.66. The van der Waals surface area contributed by atoms with Crippen LogP contribution >= 0.6 is 22.9 Å². The molecule has 1 aromatic rings. The summed E-state index contributed by atoms with van der Waals surface area (Å²) in [6, 6.07) is 4.54. The third-order valence-corrected chi connectivity index (χ3v) is 5.02. The molecule has 0 saturated heterocycles. The summed E-state index contributed by atoms with van der Waals surface area (Å²) in [7, 11) is 0. The Morgan fingerprint density at radius 2 is 2.07 bits per heavy atom. The maximum absolute atomic E-state index is 6.23. The largest absolute Gasteiger partial charge is 0.145 e. The Hall–Kier alpha value is -0.0100. The van der Waals surface area contributed by atoms with Crippen LogP contribution in [-0.2, 0) is 12.8 Å². The van der Waals surface area contributed by atoms with E-state index < -0.39 is 0 Å². The molecule has 0 nitrogen and oxygen atoms in total. The molecule has 1 heterocycles. The van der Waals surface area contributed by atoms with Gasteiger partial charge in [-0.2, -0.15) is 0 Å². The lowest BCUT2D eigenvalue weighted by Gasteiger charge is -2.16. The van der Waals surface area contributed by atoms with E-state index in [4.69, 9.17) is 11.6 Å². The van der Waals surface area contributed by atoms with Gasteiger partial charge in [-0.15, -0.1) is 22.9 Å². The molecule has 1 atom stereocenters. The molecule has 78 valence electrons. The van der Waals surface area contributed by atoms with E-state index in [1.54, 1.807) is 0 Å². The molecular weight excluding hydrogens is 212 g/mol. The zero-order chi connectivity index (χ0) is 10.2. The first-order valence-electron chi connectivity index (χ1n) is 5.38. The lowest BCUT2D eigenvalue weighted by atomic mass is 9.98. The van der Waals surface area contributed by atoms with Gasteiger partial charge in [0.2, 0.25) is 0 Å². The number of rotatable bonds is 4. The van der Waals surface area contributed by atoms with Crippen molar-refractivity contribution in [3.8, 4) is 0 Å². The van der Waals surface area contributed by atoms with E-state index in [0.29, 0.717) is 10.8 Å². The minimum atomic E-state index is 0.328. The standard InChI is InChI=1S/C12H17ClS/c1-3-10-4-5-11(14-10)8-12(6-7-12)9(2)13/h4-5,9H,3,6-8H2,1-2H3. The summed E-state index contributed by atoms with van der Waals surface area (Å²) in [5.41, 5.74) is 0.442. The van der Waals surface area contributed by atoms with Crippen LogP contribution in [0.1, 0.15) is 36.4 Å². The Morgan fingerprint density at radius 1 is 1.43 bits per heavy atom. The molecule has 2 heteroatoms. The van der Waals surface area contributed by atoms with Gasteiger partial charge in [0.25, 0.3) is 0 Å². The highest BCUT2D eigenvalue weighted by Gasteiger charge is 2.46. The Labute approximate surface area is 95.3 Å². The Morgan fingerprint density at radius 3 is 2.50 bits per heavy atom. The van der Waals surface area contributed by atoms with E-state index >= 15 is 0 Å². The predicted octanol–water partition coefficient (Wildman–Crippen LogP) is 4.26. The van der Waals surface area contributed by atoms with Crippen molar-refractivity contribution in [2.75, 3.05) is 0 Å². The number of halogens is 1. The highest BCUT2D eigenvalue weighted by molar-refractivity contribution is 7.12. The number of alkyl halides is 1. The molecule has 2 rings (SSSR count). The fourth-order valence-corrected chi connectivity index (χ4v) is 3.34. The van der Waals surface area contributed by atoms with Gasteiger partial charge in [-0.3, -0.25) is 0 Å². The van der Waals surface area contributed by atoms with Crippen molar-refractivity contribution in [1.29, 1.82) is 0 Å². The molecule has 0 bridgehead atoms. The zero-order valence-corrected chi connectivity index (χ0v) is 10.4. The minimum Gasteiger partial charge on any atom is -0.145 e. The van der Waals surface area contributed by atoms with Gasteiger partial charge in [-0.05, 0) is 50.2 Å². The monoisotopic (exact) mass is 228 g/mol. The normalized spacial score (nSPS) is 20.8. The molecule has 0 spiro atoms. The van der Waals surface area contributed by atoms with E-state index in [1.165, 1.54) is 29.0 Å². The average molecular weight is 229 g/mol. The highest BCUT2D eigenvalue weighted by Crippen LogP contribution is 2.53. The van der Waals surface area contributed by atoms with E-state index in [2.05, 4.69) is 26.0 Å². The zero-order valence-electron chi connectivity index (χ0n) is 8.85. The summed E-state index contributed by atoms with van der Waals surface area (Å²) in [5.74, 6) is 0. The Kier molecular flexibility index (Phi) is 2.90. The van der Waals surface area contributed by atoms with E-state index in [1.807, 2.05) is 11.3 Å². The van der Waals surface area contributed by atoms with Crippen molar-refractivity contribution in [2.45, 2.75) is 44.9 Å². The van der Waals surface area contributed by atoms with Gasteiger partial charge in [0.05, 0.1) is 0 Å². The fourth-order valence-electron chi connectivity index (χ4n) is 1.93. The second kappa shape index (κ2) is 3.86. The van der Waals surface area contributed by atoms with E-state index in [0.717, 1.165) is 6.42 Å². The Balaban J connectivity index is 2.04. The van der Waals surface area contributed by atoms with Gasteiger partial charge < -0.3 is 0 Å². The van der Waals surface area contributed by atoms with Crippen molar-refractivity contribution in [3.63, 3.8) is 0 Å². The van der Waals surface area contributed by atoms with Crippen LogP contribution in [0.25, 0.3) is 0 Å². The third kappa shape index (κ3) is 1.99. The van der Waals surface area contributed by atoms with Gasteiger partial charge in [-0.1, -0.05) is 6.92 Å². The first kappa shape index (κ1) is 10.5. The maximum Gasteiger partial charge on any atom is 0.0367 e. The molecule has 1 aliphatic rings. The molecule has 1 unspecified atom stereocenters. The van der Waals surface area contributed by atoms with Crippen LogP contribution in [0.2, 0.25) is 0 Å². The molecule has 0 N–H and O–H groups in total. The molecule has 0 radical (unpaired) electrons. The van der Waals surface area contributed by atoms with Crippen molar-refractivity contribution < 1.29 is 0 Å². The predicted molar refractivity (Wildman–Crippen MR) is 64.4 cm³/mol. The van der Waals surface area contributed by atoms with E-state index in [-0.39, 0.29) is 0 Å². The van der Waals surface area contributed by atoms with Crippen LogP contribution < -0.4 is 0 Å². The van der Waals surface area contributed by atoms with E-state index in [9.17, 15) is 0 Å². The molecule has 0 aromatic carbocycles. The molecule has 0 amide bonds. The number of thiophene rings is 1. The maximum atomic E-state index is 6.23. The lowest BCUT2D eigenvalue weighted by molar-refractivity contribution is 0.500. The molecule has 1 aliphatic carbocycles. The summed E-state index contributed by atoms with van der Waals surface area (Å²) in [6.07, 6.45) is 4.99. The van der Waals surface area contributed by atoms with Crippen LogP contribution in [-0.4, -0.2) is 5.38 Å². The van der Waals surface area contributed by atoms with Crippen LogP contribution in [0, 0.1) is 5.41 Å². The van der Waals surface area contributed by atoms with Gasteiger partial charge >= 0.3 is 0 Å². The molecule has 1 aromatic heterocycles. The van der Waals surface area contributed by atoms with Crippen molar-refractivity contribution in [3.05, 3.63) is 21.9 Å². The summed E-state index contributed by atoms with van der Waals surface area (Å²) < 4.78 is 0. The highest BCUT2D eigenvalue weighted by atomic mass is 35.5. The topological polar surface area (TPSA) is 0 Å². The van der Waals surface area contributed by atoms with Gasteiger partial charge in [-0.25, -0.2) is 0 Å². The lowest BCUT2D eigenvalue weighted by Crippen LogP contribution is -2.14. The van der Waals surface area contributed by atoms with Gasteiger partial charge in [0.15, 0.2) is 0 Å². The summed E-state index contributed by atoms with van der Waals surface area (Å²) >= 11 is 8.19. The van der Waals surface area contributed by atoms with Crippen molar-refractivity contribution in [1.82, 2.24) is 0 Å². The summed E-state index contributed by atoms with van der Waals surface area (Å²) in [6.45, 7) is 4.36. The Bertz CT molecular complexity index is 310. The molecule has 14 heavy (non-hydrogen) atoms. The quantitative estimate of drug-likeness (QED) is 0.676. The van der Waals surface area contributed by atoms with Crippen LogP contribution in [0.5, 0.6) is 0 Å². The summed E-state index contributed by atoms with van der Waals surface area (Å²) in [5, 5.41) is 0.328. The molecule has 1 saturated carbocycles. The second-order valence-corrected chi connectivity index (χ2v) is 6.28. The first-order valence-corrected chi connectivity index (χ1v) is 6.63. The number of hydrogen-bond acceptors (Lipinski definition) is 1. The molecular formula is C12H17ClS. The summed E-state index contributed by atoms with van der Waals surface area (Å²) in [4.78, 5) is 3.02. The van der Waals surface area contributed by atoms with Gasteiger partial charge in [0, 0.05) is 15.1 Å². The van der Waals surface area contributed by atoms with Crippen molar-refractivity contribution in [2.24, 2.45) is 5.41 Å². The van der Waals surface area contributed by atoms with Crippen LogP contribution in [0.15, 0.2) is 12.1 Å². The SMILES string of the molecule is CCc1ccc(CC2(C(C)Cl)CC2)s1. The number of hydrogen-bond donors (Lipinski definition) is 0. The van der Waals surface area contributed by atoms with Crippen LogP contribution in [0.4, 0.5) is 0 Å². The van der Waals surface area contributed by atoms with Crippen LogP contribution in [0.3, 0.4) is 0 Å².